The number of likely N-dealkylation sites (tertiary alicyclic amines) is 1. The number of benzene rings is 1. The van der Waals surface area contributed by atoms with E-state index < -0.39 is 23.5 Å². The van der Waals surface area contributed by atoms with Crippen molar-refractivity contribution in [3.05, 3.63) is 35.9 Å². The summed E-state index contributed by atoms with van der Waals surface area (Å²) in [4.78, 5) is 15.1. The fraction of sp³-hybridized carbons (Fsp3) is 0.632. The molecule has 1 saturated heterocycles. The number of ether oxygens (including phenoxy) is 1. The maximum atomic E-state index is 14.6. The van der Waals surface area contributed by atoms with Crippen molar-refractivity contribution in [3.8, 4) is 0 Å². The summed E-state index contributed by atoms with van der Waals surface area (Å²) >= 11 is 0. The lowest BCUT2D eigenvalue weighted by atomic mass is 9.98. The third-order valence-corrected chi connectivity index (χ3v) is 4.52. The first-order valence-corrected chi connectivity index (χ1v) is 8.59. The van der Waals surface area contributed by atoms with Gasteiger partial charge < -0.3 is 9.64 Å². The van der Waals surface area contributed by atoms with Crippen LogP contribution < -0.4 is 0 Å². The second kappa shape index (κ2) is 7.28. The van der Waals surface area contributed by atoms with Crippen molar-refractivity contribution in [2.24, 2.45) is 5.92 Å². The van der Waals surface area contributed by atoms with Gasteiger partial charge in [0, 0.05) is 26.2 Å². The summed E-state index contributed by atoms with van der Waals surface area (Å²) in [6.07, 6.45) is -0.572. The molecule has 1 aliphatic heterocycles. The van der Waals surface area contributed by atoms with Crippen molar-refractivity contribution in [2.75, 3.05) is 20.1 Å². The SMILES string of the molecule is C[C@H]1[C@@H](CN(C)C(=O)OC(C)(C)C)C(F)(F)CN1Cc1ccccc1. The molecule has 1 fully saturated rings. The van der Waals surface area contributed by atoms with Crippen molar-refractivity contribution >= 4 is 6.09 Å². The molecule has 140 valence electrons. The smallest absolute Gasteiger partial charge is 0.410 e. The van der Waals surface area contributed by atoms with Crippen LogP contribution in [0.4, 0.5) is 13.6 Å². The molecule has 0 aliphatic carbocycles. The zero-order chi connectivity index (χ0) is 18.8. The van der Waals surface area contributed by atoms with Gasteiger partial charge in [-0.05, 0) is 33.3 Å². The number of hydrogen-bond donors (Lipinski definition) is 0. The molecule has 0 radical (unpaired) electrons. The van der Waals surface area contributed by atoms with E-state index in [2.05, 4.69) is 0 Å². The summed E-state index contributed by atoms with van der Waals surface area (Å²) in [5.41, 5.74) is 0.361. The topological polar surface area (TPSA) is 32.8 Å². The molecule has 25 heavy (non-hydrogen) atoms. The molecule has 0 aromatic heterocycles. The maximum Gasteiger partial charge on any atom is 0.410 e. The Bertz CT molecular complexity index is 587. The second-order valence-corrected chi connectivity index (χ2v) is 7.86. The molecule has 2 rings (SSSR count). The van der Waals surface area contributed by atoms with Gasteiger partial charge >= 0.3 is 6.09 Å². The first kappa shape index (κ1) is 19.6. The van der Waals surface area contributed by atoms with E-state index in [0.29, 0.717) is 6.54 Å². The van der Waals surface area contributed by atoms with Crippen LogP contribution in [0.25, 0.3) is 0 Å². The van der Waals surface area contributed by atoms with Gasteiger partial charge in [-0.2, -0.15) is 0 Å². The van der Waals surface area contributed by atoms with Crippen LogP contribution in [-0.2, 0) is 11.3 Å². The van der Waals surface area contributed by atoms with E-state index in [9.17, 15) is 13.6 Å². The fourth-order valence-corrected chi connectivity index (χ4v) is 3.15. The summed E-state index contributed by atoms with van der Waals surface area (Å²) in [7, 11) is 1.51. The predicted molar refractivity (Wildman–Crippen MR) is 93.6 cm³/mol. The molecule has 1 aliphatic rings. The Kier molecular flexibility index (Phi) is 5.72. The Hall–Kier alpha value is -1.69. The maximum absolute atomic E-state index is 14.6. The van der Waals surface area contributed by atoms with E-state index in [1.807, 2.05) is 30.3 Å². The largest absolute Gasteiger partial charge is 0.444 e. The molecule has 1 aromatic rings. The van der Waals surface area contributed by atoms with Gasteiger partial charge in [-0.3, -0.25) is 4.90 Å². The normalized spacial score (nSPS) is 23.5. The molecule has 4 nitrogen and oxygen atoms in total. The summed E-state index contributed by atoms with van der Waals surface area (Å²) in [5.74, 6) is -3.77. The van der Waals surface area contributed by atoms with Crippen LogP contribution in [0, 0.1) is 5.92 Å². The molecule has 0 bridgehead atoms. The number of alkyl halides is 2. The number of carbonyl (C=O) groups excluding carboxylic acids is 1. The fourth-order valence-electron chi connectivity index (χ4n) is 3.15. The average molecular weight is 354 g/mol. The van der Waals surface area contributed by atoms with E-state index in [4.69, 9.17) is 4.74 Å². The number of hydrogen-bond acceptors (Lipinski definition) is 3. The molecule has 0 N–H and O–H groups in total. The first-order chi connectivity index (χ1) is 11.5. The summed E-state index contributed by atoms with van der Waals surface area (Å²) < 4.78 is 34.4. The van der Waals surface area contributed by atoms with E-state index in [0.717, 1.165) is 5.56 Å². The lowest BCUT2D eigenvalue weighted by molar-refractivity contribution is -0.0410. The molecule has 6 heteroatoms. The van der Waals surface area contributed by atoms with Crippen LogP contribution in [0.3, 0.4) is 0 Å². The van der Waals surface area contributed by atoms with E-state index in [1.165, 1.54) is 11.9 Å². The highest BCUT2D eigenvalue weighted by Crippen LogP contribution is 2.39. The van der Waals surface area contributed by atoms with Crippen LogP contribution in [0.15, 0.2) is 30.3 Å². The standard InChI is InChI=1S/C19H28F2N2O2/c1-14-16(12-22(5)17(24)25-18(2,3)4)19(20,21)13-23(14)11-15-9-7-6-8-10-15/h6-10,14,16H,11-13H2,1-5H3/t14-,16+/m0/s1. The van der Waals surface area contributed by atoms with E-state index in [-0.39, 0.29) is 19.1 Å². The second-order valence-electron chi connectivity index (χ2n) is 7.86. The molecule has 2 atom stereocenters. The van der Waals surface area contributed by atoms with Crippen LogP contribution in [0.2, 0.25) is 0 Å². The minimum Gasteiger partial charge on any atom is -0.444 e. The average Bonchev–Trinajstić information content (AvgIpc) is 2.69. The van der Waals surface area contributed by atoms with Gasteiger partial charge in [0.05, 0.1) is 12.5 Å². The zero-order valence-corrected chi connectivity index (χ0v) is 15.6. The number of rotatable bonds is 4. The van der Waals surface area contributed by atoms with Gasteiger partial charge in [0.25, 0.3) is 5.92 Å². The molecule has 1 aromatic carbocycles. The molecule has 1 amide bonds. The third kappa shape index (κ3) is 5.14. The van der Waals surface area contributed by atoms with Crippen molar-refractivity contribution in [1.82, 2.24) is 9.80 Å². The first-order valence-electron chi connectivity index (χ1n) is 8.59. The molecule has 0 spiro atoms. The number of carbonyl (C=O) groups is 1. The highest BCUT2D eigenvalue weighted by molar-refractivity contribution is 5.67. The molecule has 1 heterocycles. The van der Waals surface area contributed by atoms with E-state index >= 15 is 0 Å². The van der Waals surface area contributed by atoms with Crippen molar-refractivity contribution in [2.45, 2.75) is 51.8 Å². The molecule has 0 unspecified atom stereocenters. The predicted octanol–water partition coefficient (Wildman–Crippen LogP) is 4.01. The summed E-state index contributed by atoms with van der Waals surface area (Å²) in [6.45, 7) is 7.22. The van der Waals surface area contributed by atoms with Gasteiger partial charge in [0.1, 0.15) is 5.60 Å². The van der Waals surface area contributed by atoms with Crippen LogP contribution in [0.5, 0.6) is 0 Å². The van der Waals surface area contributed by atoms with Gasteiger partial charge in [-0.1, -0.05) is 30.3 Å². The number of nitrogens with zero attached hydrogens (tertiary/aromatic N) is 2. The number of amides is 1. The lowest BCUT2D eigenvalue weighted by Gasteiger charge is -2.30. The van der Waals surface area contributed by atoms with Crippen molar-refractivity contribution in [3.63, 3.8) is 0 Å². The third-order valence-electron chi connectivity index (χ3n) is 4.52. The lowest BCUT2D eigenvalue weighted by Crippen LogP contribution is -2.43. The highest BCUT2D eigenvalue weighted by atomic mass is 19.3. The summed E-state index contributed by atoms with van der Waals surface area (Å²) in [5, 5.41) is 0. The van der Waals surface area contributed by atoms with Crippen molar-refractivity contribution < 1.29 is 18.3 Å². The Balaban J connectivity index is 2.03. The van der Waals surface area contributed by atoms with Crippen molar-refractivity contribution in [1.29, 1.82) is 0 Å². The Morgan fingerprint density at radius 3 is 2.48 bits per heavy atom. The highest BCUT2D eigenvalue weighted by Gasteiger charge is 2.52. The molecular weight excluding hydrogens is 326 g/mol. The summed E-state index contributed by atoms with van der Waals surface area (Å²) in [6, 6.07) is 9.25. The van der Waals surface area contributed by atoms with Crippen LogP contribution in [0.1, 0.15) is 33.3 Å². The Morgan fingerprint density at radius 2 is 1.92 bits per heavy atom. The van der Waals surface area contributed by atoms with Gasteiger partial charge in [0.15, 0.2) is 0 Å². The number of halogens is 2. The van der Waals surface area contributed by atoms with Crippen LogP contribution >= 0.6 is 0 Å². The van der Waals surface area contributed by atoms with Gasteiger partial charge in [0.2, 0.25) is 0 Å². The van der Waals surface area contributed by atoms with Gasteiger partial charge in [-0.15, -0.1) is 0 Å². The van der Waals surface area contributed by atoms with E-state index in [1.54, 1.807) is 32.6 Å². The molecule has 0 saturated carbocycles. The minimum absolute atomic E-state index is 0.0334. The Labute approximate surface area is 148 Å². The zero-order valence-electron chi connectivity index (χ0n) is 15.6. The molecular formula is C19H28F2N2O2. The quantitative estimate of drug-likeness (QED) is 0.819. The Morgan fingerprint density at radius 1 is 1.32 bits per heavy atom. The van der Waals surface area contributed by atoms with Crippen LogP contribution in [-0.4, -0.2) is 53.6 Å². The monoisotopic (exact) mass is 354 g/mol. The minimum atomic E-state index is -2.84. The van der Waals surface area contributed by atoms with Gasteiger partial charge in [-0.25, -0.2) is 13.6 Å².